The van der Waals surface area contributed by atoms with Crippen LogP contribution in [0.25, 0.3) is 5.57 Å². The number of hydrogen-bond acceptors (Lipinski definition) is 4. The summed E-state index contributed by atoms with van der Waals surface area (Å²) in [6.07, 6.45) is 7.42. The first-order valence-electron chi connectivity index (χ1n) is 9.56. The second-order valence-electron chi connectivity index (χ2n) is 7.16. The quantitative estimate of drug-likeness (QED) is 0.775. The summed E-state index contributed by atoms with van der Waals surface area (Å²) in [5, 5.41) is 0. The molecule has 2 heterocycles. The molecule has 0 unspecified atom stereocenters. The molecule has 0 amide bonds. The van der Waals surface area contributed by atoms with Crippen LogP contribution in [-0.4, -0.2) is 25.2 Å². The number of rotatable bonds is 5. The van der Waals surface area contributed by atoms with Gasteiger partial charge in [-0.05, 0) is 61.1 Å². The van der Waals surface area contributed by atoms with E-state index in [1.807, 2.05) is 12.1 Å². The summed E-state index contributed by atoms with van der Waals surface area (Å²) < 4.78 is 17.0. The summed E-state index contributed by atoms with van der Waals surface area (Å²) in [5.74, 6) is 2.87. The Morgan fingerprint density at radius 1 is 1.12 bits per heavy atom. The third kappa shape index (κ3) is 4.02. The zero-order valence-corrected chi connectivity index (χ0v) is 15.5. The third-order valence-corrected chi connectivity index (χ3v) is 5.16. The van der Waals surface area contributed by atoms with Crippen LogP contribution in [0.3, 0.4) is 0 Å². The summed E-state index contributed by atoms with van der Waals surface area (Å²) in [5.41, 5.74) is 4.12. The maximum absolute atomic E-state index is 5.99. The molecule has 1 aromatic heterocycles. The normalized spacial score (nSPS) is 18.0. The van der Waals surface area contributed by atoms with Gasteiger partial charge in [0, 0.05) is 25.8 Å². The van der Waals surface area contributed by atoms with E-state index in [4.69, 9.17) is 13.9 Å². The van der Waals surface area contributed by atoms with E-state index in [2.05, 4.69) is 29.2 Å². The zero-order valence-electron chi connectivity index (χ0n) is 15.5. The molecule has 1 aromatic carbocycles. The average molecular weight is 353 g/mol. The van der Waals surface area contributed by atoms with E-state index < -0.39 is 0 Å². The predicted molar refractivity (Wildman–Crippen MR) is 102 cm³/mol. The second-order valence-corrected chi connectivity index (χ2v) is 7.16. The number of fused-ring (bicyclic) bond motifs is 1. The number of allylic oxidation sites excluding steroid dienone is 2. The van der Waals surface area contributed by atoms with E-state index in [0.29, 0.717) is 13.2 Å². The lowest BCUT2D eigenvalue weighted by Gasteiger charge is -2.19. The van der Waals surface area contributed by atoms with Crippen LogP contribution in [0.1, 0.15) is 48.3 Å². The van der Waals surface area contributed by atoms with Crippen molar-refractivity contribution in [2.75, 3.05) is 20.3 Å². The number of furan rings is 1. The number of hydrogen-bond donors (Lipinski definition) is 0. The van der Waals surface area contributed by atoms with Crippen molar-refractivity contribution in [3.05, 3.63) is 59.1 Å². The highest BCUT2D eigenvalue weighted by Crippen LogP contribution is 2.32. The number of nitrogens with zero attached hydrogens (tertiary/aromatic N) is 1. The highest BCUT2D eigenvalue weighted by molar-refractivity contribution is 5.67. The fourth-order valence-corrected chi connectivity index (χ4v) is 3.83. The van der Waals surface area contributed by atoms with Gasteiger partial charge >= 0.3 is 0 Å². The molecule has 2 aliphatic rings. The van der Waals surface area contributed by atoms with Crippen molar-refractivity contribution in [1.82, 2.24) is 4.90 Å². The lowest BCUT2D eigenvalue weighted by Crippen LogP contribution is -2.25. The lowest BCUT2D eigenvalue weighted by atomic mass is 9.92. The molecule has 2 aromatic rings. The fourth-order valence-electron chi connectivity index (χ4n) is 3.83. The third-order valence-electron chi connectivity index (χ3n) is 5.16. The zero-order chi connectivity index (χ0) is 17.8. The molecule has 0 N–H and O–H groups in total. The summed E-state index contributed by atoms with van der Waals surface area (Å²) in [4.78, 5) is 2.39. The lowest BCUT2D eigenvalue weighted by molar-refractivity contribution is 0.157. The van der Waals surface area contributed by atoms with Crippen LogP contribution >= 0.6 is 0 Å². The SMILES string of the molecule is COCc1ccc(CN2CCOc3ccc(C4=CCCCC4)cc3C2)o1. The molecule has 4 nitrogen and oxygen atoms in total. The Hall–Kier alpha value is -2.04. The highest BCUT2D eigenvalue weighted by atomic mass is 16.5. The van der Waals surface area contributed by atoms with Crippen molar-refractivity contribution in [2.24, 2.45) is 0 Å². The van der Waals surface area contributed by atoms with Gasteiger partial charge in [0.1, 0.15) is 30.5 Å². The van der Waals surface area contributed by atoms with Gasteiger partial charge in [-0.15, -0.1) is 0 Å². The maximum Gasteiger partial charge on any atom is 0.129 e. The van der Waals surface area contributed by atoms with E-state index in [0.717, 1.165) is 36.9 Å². The Morgan fingerprint density at radius 2 is 2.04 bits per heavy atom. The molecule has 138 valence electrons. The molecule has 0 saturated carbocycles. The average Bonchev–Trinajstić information content (AvgIpc) is 3.00. The van der Waals surface area contributed by atoms with Gasteiger partial charge in [-0.3, -0.25) is 4.90 Å². The van der Waals surface area contributed by atoms with Gasteiger partial charge in [0.05, 0.1) is 6.54 Å². The van der Waals surface area contributed by atoms with E-state index in [-0.39, 0.29) is 0 Å². The summed E-state index contributed by atoms with van der Waals surface area (Å²) >= 11 is 0. The molecule has 1 aliphatic heterocycles. The van der Waals surface area contributed by atoms with Crippen LogP contribution in [0.2, 0.25) is 0 Å². The molecule has 26 heavy (non-hydrogen) atoms. The molecular weight excluding hydrogens is 326 g/mol. The van der Waals surface area contributed by atoms with E-state index in [1.54, 1.807) is 7.11 Å². The first-order valence-corrected chi connectivity index (χ1v) is 9.56. The van der Waals surface area contributed by atoms with Crippen LogP contribution in [0.15, 0.2) is 40.8 Å². The van der Waals surface area contributed by atoms with Gasteiger partial charge in [-0.1, -0.05) is 12.1 Å². The molecule has 0 atom stereocenters. The van der Waals surface area contributed by atoms with E-state index in [1.165, 1.54) is 42.4 Å². The van der Waals surface area contributed by atoms with Crippen molar-refractivity contribution in [1.29, 1.82) is 0 Å². The highest BCUT2D eigenvalue weighted by Gasteiger charge is 2.18. The largest absolute Gasteiger partial charge is 0.492 e. The van der Waals surface area contributed by atoms with E-state index in [9.17, 15) is 0 Å². The van der Waals surface area contributed by atoms with E-state index >= 15 is 0 Å². The maximum atomic E-state index is 5.99. The predicted octanol–water partition coefficient (Wildman–Crippen LogP) is 4.78. The van der Waals surface area contributed by atoms with Crippen molar-refractivity contribution >= 4 is 5.57 Å². The Bertz CT molecular complexity index is 777. The van der Waals surface area contributed by atoms with Crippen LogP contribution in [-0.2, 0) is 24.4 Å². The van der Waals surface area contributed by atoms with Gasteiger partial charge in [0.15, 0.2) is 0 Å². The monoisotopic (exact) mass is 353 g/mol. The Balaban J connectivity index is 1.50. The molecular formula is C22H27NO3. The van der Waals surface area contributed by atoms with Gasteiger partial charge in [0.25, 0.3) is 0 Å². The van der Waals surface area contributed by atoms with Gasteiger partial charge in [-0.2, -0.15) is 0 Å². The van der Waals surface area contributed by atoms with Gasteiger partial charge < -0.3 is 13.9 Å². The summed E-state index contributed by atoms with van der Waals surface area (Å²) in [6.45, 7) is 3.80. The van der Waals surface area contributed by atoms with Crippen molar-refractivity contribution in [3.63, 3.8) is 0 Å². The van der Waals surface area contributed by atoms with Crippen molar-refractivity contribution in [3.8, 4) is 5.75 Å². The minimum atomic E-state index is 0.518. The molecule has 0 saturated heterocycles. The summed E-state index contributed by atoms with van der Waals surface area (Å²) in [7, 11) is 1.69. The van der Waals surface area contributed by atoms with Crippen molar-refractivity contribution in [2.45, 2.75) is 45.4 Å². The first-order chi connectivity index (χ1) is 12.8. The Labute approximate surface area is 155 Å². The second kappa shape index (κ2) is 8.11. The standard InChI is InChI=1S/C22H27NO3/c1-24-16-21-9-8-20(26-21)15-23-11-12-25-22-10-7-18(13-19(22)14-23)17-5-3-2-4-6-17/h5,7-10,13H,2-4,6,11-12,14-16H2,1H3. The molecule has 0 bridgehead atoms. The first kappa shape index (κ1) is 17.4. The minimum absolute atomic E-state index is 0.518. The smallest absolute Gasteiger partial charge is 0.129 e. The molecule has 1 aliphatic carbocycles. The van der Waals surface area contributed by atoms with Crippen molar-refractivity contribution < 1.29 is 13.9 Å². The van der Waals surface area contributed by atoms with Crippen LogP contribution in [0.5, 0.6) is 5.75 Å². The van der Waals surface area contributed by atoms with Crippen LogP contribution in [0, 0.1) is 0 Å². The fraction of sp³-hybridized carbons (Fsp3) is 0.455. The minimum Gasteiger partial charge on any atom is -0.492 e. The van der Waals surface area contributed by atoms with Gasteiger partial charge in [0.2, 0.25) is 0 Å². The number of benzene rings is 1. The topological polar surface area (TPSA) is 34.8 Å². The number of methoxy groups -OCH3 is 1. The molecule has 0 radical (unpaired) electrons. The molecule has 4 rings (SSSR count). The molecule has 0 spiro atoms. The van der Waals surface area contributed by atoms with Crippen LogP contribution in [0.4, 0.5) is 0 Å². The van der Waals surface area contributed by atoms with Gasteiger partial charge in [-0.25, -0.2) is 0 Å². The van der Waals surface area contributed by atoms with Crippen LogP contribution < -0.4 is 4.74 Å². The molecule has 4 heteroatoms. The molecule has 0 fully saturated rings. The Kier molecular flexibility index (Phi) is 5.42. The Morgan fingerprint density at radius 3 is 2.88 bits per heavy atom. The summed E-state index contributed by atoms with van der Waals surface area (Å²) in [6, 6.07) is 10.7. The number of ether oxygens (including phenoxy) is 2.